The predicted molar refractivity (Wildman–Crippen MR) is 94.1 cm³/mol. The van der Waals surface area contributed by atoms with Crippen molar-refractivity contribution < 1.29 is 14.3 Å². The number of aromatic nitrogens is 2. The highest BCUT2D eigenvalue weighted by molar-refractivity contribution is 5.79. The van der Waals surface area contributed by atoms with Gasteiger partial charge in [0.1, 0.15) is 6.10 Å². The fourth-order valence-electron chi connectivity index (χ4n) is 3.40. The molecule has 1 aliphatic heterocycles. The van der Waals surface area contributed by atoms with Crippen LogP contribution in [0.15, 0.2) is 0 Å². The lowest BCUT2D eigenvalue weighted by Crippen LogP contribution is -2.51. The molecule has 3 rings (SSSR count). The van der Waals surface area contributed by atoms with Gasteiger partial charge in [-0.15, -0.1) is 0 Å². The van der Waals surface area contributed by atoms with E-state index in [1.54, 1.807) is 0 Å². The average molecular weight is 348 g/mol. The summed E-state index contributed by atoms with van der Waals surface area (Å²) in [6, 6.07) is -0.00311. The van der Waals surface area contributed by atoms with Gasteiger partial charge >= 0.3 is 0 Å². The third-order valence-corrected chi connectivity index (χ3v) is 5.20. The number of hydrogen-bond donors (Lipinski definition) is 2. The summed E-state index contributed by atoms with van der Waals surface area (Å²) >= 11 is 0. The Hall–Kier alpha value is -1.73. The fourth-order valence-corrected chi connectivity index (χ4v) is 3.40. The number of nitrogen functional groups attached to an aromatic ring is 1. The Morgan fingerprint density at radius 1 is 1.28 bits per heavy atom. The quantitative estimate of drug-likeness (QED) is 0.804. The van der Waals surface area contributed by atoms with E-state index >= 15 is 0 Å². The number of nitrogens with zero attached hydrogens (tertiary/aromatic N) is 2. The number of carbonyl (C=O) groups is 1. The molecule has 1 amide bonds. The van der Waals surface area contributed by atoms with Crippen molar-refractivity contribution >= 4 is 11.9 Å². The smallest absolute Gasteiger partial charge is 0.224 e. The van der Waals surface area contributed by atoms with Crippen LogP contribution in [0.4, 0.5) is 5.95 Å². The topological polar surface area (TPSA) is 99.4 Å². The van der Waals surface area contributed by atoms with Crippen LogP contribution in [-0.2, 0) is 20.7 Å². The van der Waals surface area contributed by atoms with Gasteiger partial charge in [0.25, 0.3) is 0 Å². The summed E-state index contributed by atoms with van der Waals surface area (Å²) in [5, 5.41) is 3.12. The molecule has 25 heavy (non-hydrogen) atoms. The molecule has 1 saturated heterocycles. The van der Waals surface area contributed by atoms with E-state index in [2.05, 4.69) is 15.3 Å². The van der Waals surface area contributed by atoms with E-state index in [9.17, 15) is 4.79 Å². The molecule has 0 aromatic carbocycles. The zero-order chi connectivity index (χ0) is 17.8. The molecule has 2 atom stereocenters. The molecule has 0 bridgehead atoms. The minimum absolute atomic E-state index is 0.00311. The van der Waals surface area contributed by atoms with Gasteiger partial charge in [0, 0.05) is 30.2 Å². The molecule has 1 saturated carbocycles. The Balaban J connectivity index is 1.56. The van der Waals surface area contributed by atoms with Crippen LogP contribution < -0.4 is 11.1 Å². The first-order valence-electron chi connectivity index (χ1n) is 9.11. The third-order valence-electron chi connectivity index (χ3n) is 5.20. The van der Waals surface area contributed by atoms with Crippen LogP contribution in [0.2, 0.25) is 0 Å². The van der Waals surface area contributed by atoms with Gasteiger partial charge in [-0.3, -0.25) is 4.79 Å². The SMILES string of the molecule is Cc1nc(N)nc(C)c1CC(=O)N[C@@H]1CCOC[C@H]1OCC1CCC1. The molecule has 1 aliphatic carbocycles. The maximum absolute atomic E-state index is 12.5. The Kier molecular flexibility index (Phi) is 5.86. The van der Waals surface area contributed by atoms with Crippen LogP contribution >= 0.6 is 0 Å². The van der Waals surface area contributed by atoms with Crippen LogP contribution in [0.3, 0.4) is 0 Å². The highest BCUT2D eigenvalue weighted by Crippen LogP contribution is 2.27. The number of anilines is 1. The maximum Gasteiger partial charge on any atom is 0.224 e. The molecule has 2 aliphatic rings. The summed E-state index contributed by atoms with van der Waals surface area (Å²) in [6.45, 7) is 5.67. The van der Waals surface area contributed by atoms with Gasteiger partial charge in [-0.1, -0.05) is 6.42 Å². The molecular weight excluding hydrogens is 320 g/mol. The highest BCUT2D eigenvalue weighted by Gasteiger charge is 2.30. The molecule has 2 fully saturated rings. The standard InChI is InChI=1S/C18H28N4O3/c1-11-14(12(2)21-18(19)20-11)8-17(23)22-15-6-7-24-10-16(15)25-9-13-4-3-5-13/h13,15-16H,3-10H2,1-2H3,(H,22,23)(H2,19,20,21)/t15-,16-/m1/s1. The Bertz CT molecular complexity index is 595. The van der Waals surface area contributed by atoms with E-state index in [1.165, 1.54) is 19.3 Å². The van der Waals surface area contributed by atoms with Crippen molar-refractivity contribution in [3.8, 4) is 0 Å². The van der Waals surface area contributed by atoms with Gasteiger partial charge in [-0.2, -0.15) is 0 Å². The first kappa shape index (κ1) is 18.1. The monoisotopic (exact) mass is 348 g/mol. The second kappa shape index (κ2) is 8.10. The first-order valence-corrected chi connectivity index (χ1v) is 9.11. The predicted octanol–water partition coefficient (Wildman–Crippen LogP) is 1.31. The lowest BCUT2D eigenvalue weighted by atomic mass is 9.86. The molecule has 138 valence electrons. The largest absolute Gasteiger partial charge is 0.379 e. The number of amides is 1. The van der Waals surface area contributed by atoms with Crippen molar-refractivity contribution in [2.24, 2.45) is 5.92 Å². The van der Waals surface area contributed by atoms with Crippen molar-refractivity contribution in [1.82, 2.24) is 15.3 Å². The third kappa shape index (κ3) is 4.67. The summed E-state index contributed by atoms with van der Waals surface area (Å²) in [5.74, 6) is 0.882. The number of ether oxygens (including phenoxy) is 2. The van der Waals surface area contributed by atoms with Gasteiger partial charge in [0.2, 0.25) is 11.9 Å². The minimum Gasteiger partial charge on any atom is -0.379 e. The highest BCUT2D eigenvalue weighted by atomic mass is 16.5. The van der Waals surface area contributed by atoms with E-state index in [4.69, 9.17) is 15.2 Å². The van der Waals surface area contributed by atoms with Crippen molar-refractivity contribution in [1.29, 1.82) is 0 Å². The lowest BCUT2D eigenvalue weighted by molar-refractivity contribution is -0.126. The number of rotatable bonds is 6. The van der Waals surface area contributed by atoms with Crippen molar-refractivity contribution in [3.63, 3.8) is 0 Å². The second-order valence-electron chi connectivity index (χ2n) is 7.11. The minimum atomic E-state index is -0.0665. The van der Waals surface area contributed by atoms with Crippen LogP contribution in [0.25, 0.3) is 0 Å². The summed E-state index contributed by atoms with van der Waals surface area (Å²) in [6.07, 6.45) is 4.77. The van der Waals surface area contributed by atoms with Gasteiger partial charge in [0.05, 0.1) is 19.1 Å². The Morgan fingerprint density at radius 3 is 2.64 bits per heavy atom. The number of nitrogens with one attached hydrogen (secondary N) is 1. The van der Waals surface area contributed by atoms with Crippen molar-refractivity contribution in [2.75, 3.05) is 25.6 Å². The second-order valence-corrected chi connectivity index (χ2v) is 7.11. The van der Waals surface area contributed by atoms with E-state index in [-0.39, 0.29) is 30.4 Å². The Labute approximate surface area is 148 Å². The summed E-state index contributed by atoms with van der Waals surface area (Å²) in [4.78, 5) is 20.8. The molecule has 3 N–H and O–H groups in total. The number of hydrogen-bond acceptors (Lipinski definition) is 6. The maximum atomic E-state index is 12.5. The summed E-state index contributed by atoms with van der Waals surface area (Å²) < 4.78 is 11.6. The molecular formula is C18H28N4O3. The lowest BCUT2D eigenvalue weighted by Gasteiger charge is -2.34. The molecule has 7 nitrogen and oxygen atoms in total. The van der Waals surface area contributed by atoms with Gasteiger partial charge < -0.3 is 20.5 Å². The van der Waals surface area contributed by atoms with E-state index in [1.807, 2.05) is 13.8 Å². The molecule has 7 heteroatoms. The molecule has 0 unspecified atom stereocenters. The number of carbonyl (C=O) groups excluding carboxylic acids is 1. The Morgan fingerprint density at radius 2 is 2.00 bits per heavy atom. The molecule has 2 heterocycles. The van der Waals surface area contributed by atoms with Gasteiger partial charge in [-0.05, 0) is 39.0 Å². The van der Waals surface area contributed by atoms with Crippen LogP contribution in [0.5, 0.6) is 0 Å². The van der Waals surface area contributed by atoms with Gasteiger partial charge in [-0.25, -0.2) is 9.97 Å². The normalized spacial score (nSPS) is 23.9. The van der Waals surface area contributed by atoms with Crippen LogP contribution in [0, 0.1) is 19.8 Å². The van der Waals surface area contributed by atoms with Crippen LogP contribution in [-0.4, -0.2) is 47.8 Å². The number of nitrogens with two attached hydrogens (primary N) is 1. The first-order chi connectivity index (χ1) is 12.0. The van der Waals surface area contributed by atoms with E-state index in [0.29, 0.717) is 19.1 Å². The fraction of sp³-hybridized carbons (Fsp3) is 0.722. The van der Waals surface area contributed by atoms with E-state index in [0.717, 1.165) is 30.0 Å². The molecule has 0 radical (unpaired) electrons. The molecule has 1 aromatic heterocycles. The average Bonchev–Trinajstić information content (AvgIpc) is 2.51. The summed E-state index contributed by atoms with van der Waals surface area (Å²) in [5.41, 5.74) is 8.00. The number of aryl methyl sites for hydroxylation is 2. The molecule has 0 spiro atoms. The van der Waals surface area contributed by atoms with E-state index < -0.39 is 0 Å². The van der Waals surface area contributed by atoms with Crippen LogP contribution in [0.1, 0.15) is 42.6 Å². The van der Waals surface area contributed by atoms with Gasteiger partial charge in [0.15, 0.2) is 0 Å². The zero-order valence-corrected chi connectivity index (χ0v) is 15.1. The summed E-state index contributed by atoms with van der Waals surface area (Å²) in [7, 11) is 0. The van der Waals surface area contributed by atoms with Crippen molar-refractivity contribution in [2.45, 2.75) is 58.1 Å². The molecule has 1 aromatic rings. The van der Waals surface area contributed by atoms with Crippen molar-refractivity contribution in [3.05, 3.63) is 17.0 Å². The zero-order valence-electron chi connectivity index (χ0n) is 15.1.